The Hall–Kier alpha value is 0.310. The van der Waals surface area contributed by atoms with Gasteiger partial charge in [-0.1, -0.05) is 6.92 Å². The van der Waals surface area contributed by atoms with Crippen LogP contribution in [0.4, 0.5) is 0 Å². The van der Waals surface area contributed by atoms with Crippen LogP contribution in [0.25, 0.3) is 0 Å². The molecule has 1 atom stereocenters. The Labute approximate surface area is 61.4 Å². The summed E-state index contributed by atoms with van der Waals surface area (Å²) in [4.78, 5) is 0. The van der Waals surface area contributed by atoms with Crippen LogP contribution < -0.4 is 5.73 Å². The van der Waals surface area contributed by atoms with Gasteiger partial charge in [0.1, 0.15) is 0 Å². The van der Waals surface area contributed by atoms with Crippen LogP contribution >= 0.6 is 11.8 Å². The van der Waals surface area contributed by atoms with Gasteiger partial charge in [-0.3, -0.25) is 0 Å². The van der Waals surface area contributed by atoms with E-state index in [4.69, 9.17) is 5.73 Å². The van der Waals surface area contributed by atoms with Crippen LogP contribution in [-0.4, -0.2) is 11.1 Å². The van der Waals surface area contributed by atoms with Crippen LogP contribution in [0.5, 0.6) is 0 Å². The Morgan fingerprint density at radius 2 is 2.33 bits per heavy atom. The summed E-state index contributed by atoms with van der Waals surface area (Å²) >= 11 is 1.92. The predicted molar refractivity (Wildman–Crippen MR) is 43.4 cm³/mol. The second kappa shape index (κ2) is 3.47. The van der Waals surface area contributed by atoms with Gasteiger partial charge in [-0.05, 0) is 30.9 Å². The highest BCUT2D eigenvalue weighted by Crippen LogP contribution is 2.33. The van der Waals surface area contributed by atoms with Gasteiger partial charge in [-0.15, -0.1) is 11.8 Å². The van der Waals surface area contributed by atoms with E-state index >= 15 is 0 Å². The van der Waals surface area contributed by atoms with Gasteiger partial charge < -0.3 is 5.73 Å². The molecule has 9 heavy (non-hydrogen) atoms. The quantitative estimate of drug-likeness (QED) is 0.611. The van der Waals surface area contributed by atoms with E-state index in [0.717, 1.165) is 12.3 Å². The van der Waals surface area contributed by atoms with Gasteiger partial charge in [-0.25, -0.2) is 0 Å². The second-order valence-electron chi connectivity index (χ2n) is 2.72. The van der Waals surface area contributed by atoms with Gasteiger partial charge in [0.05, 0.1) is 5.37 Å². The van der Waals surface area contributed by atoms with E-state index in [1.807, 2.05) is 11.8 Å². The van der Waals surface area contributed by atoms with E-state index in [9.17, 15) is 0 Å². The molecule has 0 aromatic heterocycles. The molecule has 1 nitrogen and oxygen atoms in total. The Balaban J connectivity index is 1.90. The summed E-state index contributed by atoms with van der Waals surface area (Å²) < 4.78 is 0. The summed E-state index contributed by atoms with van der Waals surface area (Å²) in [6.07, 6.45) is 4.00. The standard InChI is InChI=1S/C7H15NS/c1-2-7(8)9-5-6-3-4-6/h6-7H,2-5,8H2,1H3/t7-/m1/s1. The Morgan fingerprint density at radius 3 is 2.78 bits per heavy atom. The summed E-state index contributed by atoms with van der Waals surface area (Å²) in [7, 11) is 0. The first-order valence-corrected chi connectivity index (χ1v) is 4.75. The Morgan fingerprint density at radius 1 is 1.67 bits per heavy atom. The minimum atomic E-state index is 0.394. The van der Waals surface area contributed by atoms with Crippen molar-refractivity contribution in [2.24, 2.45) is 11.7 Å². The SMILES string of the molecule is CC[C@H](N)SCC1CC1. The van der Waals surface area contributed by atoms with E-state index < -0.39 is 0 Å². The van der Waals surface area contributed by atoms with Crippen molar-refractivity contribution in [2.45, 2.75) is 31.6 Å². The van der Waals surface area contributed by atoms with Gasteiger partial charge in [0, 0.05) is 0 Å². The summed E-state index contributed by atoms with van der Waals surface area (Å²) in [5.74, 6) is 2.32. The zero-order valence-electron chi connectivity index (χ0n) is 5.97. The number of hydrogen-bond acceptors (Lipinski definition) is 2. The second-order valence-corrected chi connectivity index (χ2v) is 4.00. The molecule has 1 saturated carbocycles. The molecule has 1 fully saturated rings. The fourth-order valence-electron chi connectivity index (χ4n) is 0.662. The van der Waals surface area contributed by atoms with Crippen molar-refractivity contribution in [3.63, 3.8) is 0 Å². The van der Waals surface area contributed by atoms with Gasteiger partial charge in [0.25, 0.3) is 0 Å². The van der Waals surface area contributed by atoms with Gasteiger partial charge in [0.2, 0.25) is 0 Å². The molecule has 0 radical (unpaired) electrons. The highest BCUT2D eigenvalue weighted by molar-refractivity contribution is 7.99. The normalized spacial score (nSPS) is 22.0. The van der Waals surface area contributed by atoms with Crippen molar-refractivity contribution >= 4 is 11.8 Å². The zero-order chi connectivity index (χ0) is 6.69. The van der Waals surface area contributed by atoms with Crippen LogP contribution in [0.1, 0.15) is 26.2 Å². The van der Waals surface area contributed by atoms with Crippen LogP contribution in [0, 0.1) is 5.92 Å². The average Bonchev–Trinajstić information content (AvgIpc) is 2.65. The van der Waals surface area contributed by atoms with Crippen LogP contribution in [0.15, 0.2) is 0 Å². The molecule has 0 bridgehead atoms. The molecule has 0 heterocycles. The minimum absolute atomic E-state index is 0.394. The van der Waals surface area contributed by atoms with Crippen molar-refractivity contribution in [1.29, 1.82) is 0 Å². The molecule has 1 rings (SSSR count). The molecule has 0 spiro atoms. The Bertz CT molecular complexity index is 81.0. The van der Waals surface area contributed by atoms with E-state index in [1.54, 1.807) is 0 Å². The highest BCUT2D eigenvalue weighted by atomic mass is 32.2. The first-order chi connectivity index (χ1) is 4.33. The number of rotatable bonds is 4. The third-order valence-electron chi connectivity index (χ3n) is 1.65. The van der Waals surface area contributed by atoms with E-state index in [2.05, 4.69) is 6.92 Å². The molecule has 1 aliphatic rings. The van der Waals surface area contributed by atoms with Crippen molar-refractivity contribution in [2.75, 3.05) is 5.75 Å². The minimum Gasteiger partial charge on any atom is -0.319 e. The lowest BCUT2D eigenvalue weighted by atomic mass is 10.5. The van der Waals surface area contributed by atoms with Crippen molar-refractivity contribution in [1.82, 2.24) is 0 Å². The van der Waals surface area contributed by atoms with Crippen LogP contribution in [0.3, 0.4) is 0 Å². The third-order valence-corrected chi connectivity index (χ3v) is 3.07. The zero-order valence-corrected chi connectivity index (χ0v) is 6.79. The summed E-state index contributed by atoms with van der Waals surface area (Å²) in [5, 5.41) is 0.394. The molecule has 2 N–H and O–H groups in total. The molecule has 0 unspecified atom stereocenters. The van der Waals surface area contributed by atoms with E-state index in [0.29, 0.717) is 5.37 Å². The molecule has 2 heteroatoms. The van der Waals surface area contributed by atoms with Gasteiger partial charge in [0.15, 0.2) is 0 Å². The average molecular weight is 145 g/mol. The van der Waals surface area contributed by atoms with Crippen LogP contribution in [0.2, 0.25) is 0 Å². The lowest BCUT2D eigenvalue weighted by molar-refractivity contribution is 0.861. The lowest BCUT2D eigenvalue weighted by Gasteiger charge is -2.05. The maximum atomic E-state index is 5.71. The smallest absolute Gasteiger partial charge is 0.0504 e. The summed E-state index contributed by atoms with van der Waals surface area (Å²) in [6.45, 7) is 2.14. The number of nitrogens with two attached hydrogens (primary N) is 1. The van der Waals surface area contributed by atoms with Gasteiger partial charge >= 0.3 is 0 Å². The number of hydrogen-bond donors (Lipinski definition) is 1. The number of thioether (sulfide) groups is 1. The molecule has 0 aliphatic heterocycles. The fourth-order valence-corrected chi connectivity index (χ4v) is 1.75. The monoisotopic (exact) mass is 145 g/mol. The fraction of sp³-hybridized carbons (Fsp3) is 1.00. The topological polar surface area (TPSA) is 26.0 Å². The van der Waals surface area contributed by atoms with Crippen molar-refractivity contribution in [3.05, 3.63) is 0 Å². The molecule has 0 saturated heterocycles. The summed E-state index contributed by atoms with van der Waals surface area (Å²) in [5.41, 5.74) is 5.71. The Kier molecular flexibility index (Phi) is 2.86. The van der Waals surface area contributed by atoms with Gasteiger partial charge in [-0.2, -0.15) is 0 Å². The molecule has 1 aliphatic carbocycles. The van der Waals surface area contributed by atoms with E-state index in [-0.39, 0.29) is 0 Å². The van der Waals surface area contributed by atoms with E-state index in [1.165, 1.54) is 18.6 Å². The third kappa shape index (κ3) is 3.11. The predicted octanol–water partition coefficient (Wildman–Crippen LogP) is 1.82. The molecule has 0 aromatic carbocycles. The first kappa shape index (κ1) is 7.42. The molecule has 0 aromatic rings. The molecule has 0 amide bonds. The van der Waals surface area contributed by atoms with Crippen molar-refractivity contribution < 1.29 is 0 Å². The first-order valence-electron chi connectivity index (χ1n) is 3.70. The summed E-state index contributed by atoms with van der Waals surface area (Å²) in [6, 6.07) is 0. The maximum Gasteiger partial charge on any atom is 0.0504 e. The van der Waals surface area contributed by atoms with Crippen molar-refractivity contribution in [3.8, 4) is 0 Å². The molecule has 54 valence electrons. The highest BCUT2D eigenvalue weighted by Gasteiger charge is 2.21. The largest absolute Gasteiger partial charge is 0.319 e. The molecular formula is C7H15NS. The lowest BCUT2D eigenvalue weighted by Crippen LogP contribution is -2.14. The molecular weight excluding hydrogens is 130 g/mol. The van der Waals surface area contributed by atoms with Crippen LogP contribution in [-0.2, 0) is 0 Å². The maximum absolute atomic E-state index is 5.71.